The van der Waals surface area contributed by atoms with Gasteiger partial charge in [0.2, 0.25) is 0 Å². The van der Waals surface area contributed by atoms with Crippen LogP contribution in [0.5, 0.6) is 5.75 Å². The van der Waals surface area contributed by atoms with Crippen LogP contribution >= 0.6 is 0 Å². The number of aliphatic hydroxyl groups is 1. The molecule has 0 amide bonds. The molecular weight excluding hydrogens is 476 g/mol. The number of hydrogen-bond acceptors (Lipinski definition) is 5. The minimum absolute atomic E-state index is 0.196. The first kappa shape index (κ1) is 30.6. The summed E-state index contributed by atoms with van der Waals surface area (Å²) in [7, 11) is 1.65. The van der Waals surface area contributed by atoms with Crippen molar-refractivity contribution in [2.24, 2.45) is 0 Å². The Balaban J connectivity index is 1.46. The van der Waals surface area contributed by atoms with Crippen LogP contribution in [-0.4, -0.2) is 37.1 Å². The number of ether oxygens (including phenoxy) is 4. The zero-order valence-corrected chi connectivity index (χ0v) is 23.7. The lowest BCUT2D eigenvalue weighted by Crippen LogP contribution is -2.48. The van der Waals surface area contributed by atoms with Crippen molar-refractivity contribution in [3.63, 3.8) is 0 Å². The van der Waals surface area contributed by atoms with Gasteiger partial charge >= 0.3 is 0 Å². The van der Waals surface area contributed by atoms with Gasteiger partial charge in [0.1, 0.15) is 18.0 Å². The van der Waals surface area contributed by atoms with Gasteiger partial charge in [-0.05, 0) is 24.1 Å². The first-order valence-electron chi connectivity index (χ1n) is 15.0. The molecule has 5 nitrogen and oxygen atoms in total. The molecule has 1 aliphatic rings. The zero-order chi connectivity index (χ0) is 26.8. The van der Waals surface area contributed by atoms with Crippen LogP contribution in [0.4, 0.5) is 0 Å². The van der Waals surface area contributed by atoms with Gasteiger partial charge in [-0.25, -0.2) is 0 Å². The fourth-order valence-electron chi connectivity index (χ4n) is 5.13. The van der Waals surface area contributed by atoms with E-state index >= 15 is 0 Å². The van der Waals surface area contributed by atoms with Crippen molar-refractivity contribution in [2.45, 2.75) is 122 Å². The number of benzene rings is 2. The molecule has 0 aromatic heterocycles. The lowest BCUT2D eigenvalue weighted by atomic mass is 9.99. The summed E-state index contributed by atoms with van der Waals surface area (Å²) in [6, 6.07) is 17.9. The Bertz CT molecular complexity index is 840. The molecule has 1 N–H and O–H groups in total. The van der Waals surface area contributed by atoms with Gasteiger partial charge in [0.05, 0.1) is 26.4 Å². The van der Waals surface area contributed by atoms with E-state index in [1.54, 1.807) is 7.11 Å². The summed E-state index contributed by atoms with van der Waals surface area (Å²) >= 11 is 0. The second kappa shape index (κ2) is 18.4. The summed E-state index contributed by atoms with van der Waals surface area (Å²) in [5.74, 6) is 0.789. The maximum absolute atomic E-state index is 10.8. The van der Waals surface area contributed by atoms with Gasteiger partial charge in [0, 0.05) is 5.56 Å². The highest BCUT2D eigenvalue weighted by Gasteiger charge is 2.37. The van der Waals surface area contributed by atoms with Crippen LogP contribution in [0.25, 0.3) is 0 Å². The van der Waals surface area contributed by atoms with E-state index in [2.05, 4.69) is 19.1 Å². The third kappa shape index (κ3) is 11.1. The average molecular weight is 527 g/mol. The molecule has 1 unspecified atom stereocenters. The first-order valence-corrected chi connectivity index (χ1v) is 15.0. The van der Waals surface area contributed by atoms with E-state index in [4.69, 9.17) is 18.9 Å². The van der Waals surface area contributed by atoms with Crippen LogP contribution in [0, 0.1) is 0 Å². The lowest BCUT2D eigenvalue weighted by Gasteiger charge is -2.38. The van der Waals surface area contributed by atoms with Gasteiger partial charge in [0.15, 0.2) is 6.29 Å². The van der Waals surface area contributed by atoms with Crippen molar-refractivity contribution >= 4 is 0 Å². The molecule has 3 rings (SSSR count). The highest BCUT2D eigenvalue weighted by Crippen LogP contribution is 2.31. The largest absolute Gasteiger partial charge is 0.497 e. The van der Waals surface area contributed by atoms with E-state index in [9.17, 15) is 5.11 Å². The van der Waals surface area contributed by atoms with Gasteiger partial charge in [0.25, 0.3) is 0 Å². The molecule has 212 valence electrons. The van der Waals surface area contributed by atoms with Crippen molar-refractivity contribution in [1.82, 2.24) is 0 Å². The molecule has 1 heterocycles. The molecular formula is C33H50O5. The minimum atomic E-state index is -0.720. The molecule has 1 fully saturated rings. The summed E-state index contributed by atoms with van der Waals surface area (Å²) in [5, 5.41) is 10.8. The van der Waals surface area contributed by atoms with Crippen LogP contribution in [0.2, 0.25) is 0 Å². The predicted octanol–water partition coefficient (Wildman–Crippen LogP) is 8.15. The highest BCUT2D eigenvalue weighted by molar-refractivity contribution is 5.28. The molecule has 0 radical (unpaired) electrons. The zero-order valence-electron chi connectivity index (χ0n) is 23.7. The first-order chi connectivity index (χ1) is 18.7. The molecule has 0 bridgehead atoms. The Morgan fingerprint density at radius 1 is 0.816 bits per heavy atom. The molecule has 0 spiro atoms. The number of methoxy groups -OCH3 is 1. The molecule has 0 aliphatic carbocycles. The Hall–Kier alpha value is -1.92. The summed E-state index contributed by atoms with van der Waals surface area (Å²) in [6.45, 7) is 3.01. The Morgan fingerprint density at radius 2 is 1.42 bits per heavy atom. The number of unbranched alkanes of at least 4 members (excludes halogenated alkanes) is 11. The van der Waals surface area contributed by atoms with Gasteiger partial charge in [-0.15, -0.1) is 0 Å². The molecule has 2 aromatic rings. The second-order valence-corrected chi connectivity index (χ2v) is 10.6. The Morgan fingerprint density at radius 3 is 2.03 bits per heavy atom. The predicted molar refractivity (Wildman–Crippen MR) is 153 cm³/mol. The van der Waals surface area contributed by atoms with E-state index in [0.29, 0.717) is 6.61 Å². The van der Waals surface area contributed by atoms with E-state index in [-0.39, 0.29) is 12.7 Å². The minimum Gasteiger partial charge on any atom is -0.497 e. The molecule has 1 saturated heterocycles. The van der Waals surface area contributed by atoms with Gasteiger partial charge < -0.3 is 24.1 Å². The van der Waals surface area contributed by atoms with Crippen LogP contribution < -0.4 is 4.74 Å². The summed E-state index contributed by atoms with van der Waals surface area (Å²) in [6.07, 6.45) is 14.8. The van der Waals surface area contributed by atoms with Crippen molar-refractivity contribution in [1.29, 1.82) is 0 Å². The Kier molecular flexibility index (Phi) is 14.8. The standard InChI is InChI=1S/C33H50O5/c1-3-4-5-6-7-8-9-10-11-12-13-17-20-31(36-25-27-18-15-14-16-19-27)32-30(34)26-37-33(38-32)28-21-23-29(35-2)24-22-28/h14-16,18-19,21-24,30-34H,3-13,17,20,25-26H2,1-2H3/t30-,31-,32+,33?/m1/s1. The summed E-state index contributed by atoms with van der Waals surface area (Å²) in [5.41, 5.74) is 2.04. The molecule has 2 aromatic carbocycles. The van der Waals surface area contributed by atoms with Crippen molar-refractivity contribution < 1.29 is 24.1 Å². The van der Waals surface area contributed by atoms with E-state index in [1.165, 1.54) is 70.6 Å². The summed E-state index contributed by atoms with van der Waals surface area (Å²) in [4.78, 5) is 0. The Labute approximate surface area is 230 Å². The van der Waals surface area contributed by atoms with Crippen LogP contribution in [0.1, 0.15) is 108 Å². The normalized spacial score (nSPS) is 20.3. The highest BCUT2D eigenvalue weighted by atomic mass is 16.7. The van der Waals surface area contributed by atoms with Gasteiger partial charge in [-0.1, -0.05) is 126 Å². The van der Waals surface area contributed by atoms with Crippen LogP contribution in [0.3, 0.4) is 0 Å². The molecule has 1 aliphatic heterocycles. The fourth-order valence-corrected chi connectivity index (χ4v) is 5.13. The SMILES string of the molecule is CCCCCCCCCCCCCC[C@@H](OCc1ccccc1)[C@H]1OC(c2ccc(OC)cc2)OC[C@H]1O. The summed E-state index contributed by atoms with van der Waals surface area (Å²) < 4.78 is 23.8. The molecule has 38 heavy (non-hydrogen) atoms. The maximum atomic E-state index is 10.8. The quantitative estimate of drug-likeness (QED) is 0.187. The van der Waals surface area contributed by atoms with Crippen LogP contribution in [0.15, 0.2) is 54.6 Å². The molecule has 0 saturated carbocycles. The fraction of sp³-hybridized carbons (Fsp3) is 0.636. The van der Waals surface area contributed by atoms with E-state index in [1.807, 2.05) is 42.5 Å². The number of hydrogen-bond donors (Lipinski definition) is 1. The monoisotopic (exact) mass is 526 g/mol. The molecule has 4 atom stereocenters. The third-order valence-corrected chi connectivity index (χ3v) is 7.48. The molecule has 5 heteroatoms. The second-order valence-electron chi connectivity index (χ2n) is 10.6. The van der Waals surface area contributed by atoms with Crippen LogP contribution in [-0.2, 0) is 20.8 Å². The number of aliphatic hydroxyl groups excluding tert-OH is 1. The van der Waals surface area contributed by atoms with Crippen molar-refractivity contribution in [3.8, 4) is 5.75 Å². The van der Waals surface area contributed by atoms with E-state index < -0.39 is 18.5 Å². The average Bonchev–Trinajstić information content (AvgIpc) is 2.96. The third-order valence-electron chi connectivity index (χ3n) is 7.48. The maximum Gasteiger partial charge on any atom is 0.184 e. The van der Waals surface area contributed by atoms with Gasteiger partial charge in [-0.3, -0.25) is 0 Å². The lowest BCUT2D eigenvalue weighted by molar-refractivity contribution is -0.281. The van der Waals surface area contributed by atoms with Crippen molar-refractivity contribution in [2.75, 3.05) is 13.7 Å². The van der Waals surface area contributed by atoms with Gasteiger partial charge in [-0.2, -0.15) is 0 Å². The number of rotatable bonds is 19. The topological polar surface area (TPSA) is 57.2 Å². The van der Waals surface area contributed by atoms with E-state index in [0.717, 1.165) is 29.7 Å². The van der Waals surface area contributed by atoms with Crippen molar-refractivity contribution in [3.05, 3.63) is 65.7 Å². The smallest absolute Gasteiger partial charge is 0.184 e.